The van der Waals surface area contributed by atoms with Crippen LogP contribution in [0, 0.1) is 5.41 Å². The minimum Gasteiger partial charge on any atom is -0.315 e. The summed E-state index contributed by atoms with van der Waals surface area (Å²) in [7, 11) is 0. The Kier molecular flexibility index (Phi) is 2.49. The van der Waals surface area contributed by atoms with Gasteiger partial charge in [-0.3, -0.25) is 10.2 Å². The maximum Gasteiger partial charge on any atom is 0.404 e. The molecule has 1 aliphatic heterocycles. The first-order chi connectivity index (χ1) is 5.94. The molecular formula is C6H10F3N3O. The van der Waals surface area contributed by atoms with Crippen molar-refractivity contribution in [3.05, 3.63) is 0 Å². The molecule has 1 unspecified atom stereocenters. The lowest BCUT2D eigenvalue weighted by atomic mass is 9.85. The predicted octanol–water partition coefficient (Wildman–Crippen LogP) is -0.482. The Hall–Kier alpha value is -0.820. The van der Waals surface area contributed by atoms with Crippen molar-refractivity contribution in [2.75, 3.05) is 13.1 Å². The highest BCUT2D eigenvalue weighted by molar-refractivity contribution is 5.83. The van der Waals surface area contributed by atoms with Gasteiger partial charge in [-0.15, -0.1) is 0 Å². The minimum absolute atomic E-state index is 0.174. The van der Waals surface area contributed by atoms with Gasteiger partial charge in [-0.1, -0.05) is 0 Å². The number of carbonyl (C=O) groups excluding carboxylic acids is 1. The molecule has 0 aromatic carbocycles. The number of amides is 1. The molecule has 0 aliphatic carbocycles. The monoisotopic (exact) mass is 197 g/mol. The van der Waals surface area contributed by atoms with Crippen molar-refractivity contribution in [3.63, 3.8) is 0 Å². The maximum absolute atomic E-state index is 12.5. The van der Waals surface area contributed by atoms with E-state index in [0.29, 0.717) is 0 Å². The van der Waals surface area contributed by atoms with Gasteiger partial charge in [0.05, 0.1) is 0 Å². The van der Waals surface area contributed by atoms with Crippen LogP contribution >= 0.6 is 0 Å². The molecule has 13 heavy (non-hydrogen) atoms. The smallest absolute Gasteiger partial charge is 0.315 e. The Morgan fingerprint density at radius 3 is 2.46 bits per heavy atom. The Bertz CT molecular complexity index is 210. The van der Waals surface area contributed by atoms with Crippen LogP contribution in [-0.4, -0.2) is 25.2 Å². The van der Waals surface area contributed by atoms with E-state index in [4.69, 9.17) is 5.84 Å². The van der Waals surface area contributed by atoms with Gasteiger partial charge in [0.1, 0.15) is 0 Å². The number of carbonyl (C=O) groups is 1. The van der Waals surface area contributed by atoms with Crippen molar-refractivity contribution < 1.29 is 18.0 Å². The standard InChI is InChI=1S/C6H10F3N3O/c7-6(8,9)5(4(13)12-10)1-2-11-3-5/h11H,1-3,10H2,(H,12,13). The molecule has 0 saturated carbocycles. The average molecular weight is 197 g/mol. The van der Waals surface area contributed by atoms with E-state index in [1.807, 2.05) is 0 Å². The fourth-order valence-electron chi connectivity index (χ4n) is 1.39. The molecule has 76 valence electrons. The highest BCUT2D eigenvalue weighted by atomic mass is 19.4. The van der Waals surface area contributed by atoms with Crippen LogP contribution < -0.4 is 16.6 Å². The summed E-state index contributed by atoms with van der Waals surface area (Å²) in [5.74, 6) is 3.53. The lowest BCUT2D eigenvalue weighted by molar-refractivity contribution is -0.216. The zero-order chi connectivity index (χ0) is 10.1. The fourth-order valence-corrected chi connectivity index (χ4v) is 1.39. The SMILES string of the molecule is NNC(=O)C1(C(F)(F)F)CCNC1. The van der Waals surface area contributed by atoms with E-state index < -0.39 is 24.0 Å². The van der Waals surface area contributed by atoms with Crippen molar-refractivity contribution in [1.82, 2.24) is 10.7 Å². The van der Waals surface area contributed by atoms with Crippen LogP contribution in [0.1, 0.15) is 6.42 Å². The molecule has 0 spiro atoms. The van der Waals surface area contributed by atoms with Gasteiger partial charge in [0.15, 0.2) is 5.41 Å². The van der Waals surface area contributed by atoms with Crippen molar-refractivity contribution in [2.24, 2.45) is 11.3 Å². The summed E-state index contributed by atoms with van der Waals surface area (Å²) in [6.07, 6.45) is -4.82. The number of nitrogens with one attached hydrogen (secondary N) is 2. The highest BCUT2D eigenvalue weighted by Gasteiger charge is 2.61. The van der Waals surface area contributed by atoms with Crippen LogP contribution in [-0.2, 0) is 4.79 Å². The summed E-state index contributed by atoms with van der Waals surface area (Å²) in [4.78, 5) is 11.0. The van der Waals surface area contributed by atoms with Crippen LogP contribution in [0.15, 0.2) is 0 Å². The molecule has 0 bridgehead atoms. The van der Waals surface area contributed by atoms with E-state index in [1.54, 1.807) is 5.43 Å². The van der Waals surface area contributed by atoms with E-state index in [1.165, 1.54) is 0 Å². The number of halogens is 3. The second-order valence-corrected chi connectivity index (χ2v) is 2.98. The summed E-state index contributed by atoms with van der Waals surface area (Å²) in [5.41, 5.74) is -0.790. The molecule has 1 saturated heterocycles. The van der Waals surface area contributed by atoms with E-state index in [0.717, 1.165) is 0 Å². The zero-order valence-electron chi connectivity index (χ0n) is 6.74. The molecule has 7 heteroatoms. The average Bonchev–Trinajstić information content (AvgIpc) is 2.50. The first-order valence-corrected chi connectivity index (χ1v) is 3.72. The second kappa shape index (κ2) is 3.15. The molecule has 0 radical (unpaired) electrons. The van der Waals surface area contributed by atoms with Gasteiger partial charge in [-0.05, 0) is 13.0 Å². The highest BCUT2D eigenvalue weighted by Crippen LogP contribution is 2.42. The molecule has 1 rings (SSSR count). The first-order valence-electron chi connectivity index (χ1n) is 3.72. The van der Waals surface area contributed by atoms with Gasteiger partial charge in [-0.25, -0.2) is 5.84 Å². The molecule has 4 nitrogen and oxygen atoms in total. The Balaban J connectivity index is 2.94. The molecule has 0 aromatic heterocycles. The van der Waals surface area contributed by atoms with Crippen LogP contribution in [0.25, 0.3) is 0 Å². The van der Waals surface area contributed by atoms with Gasteiger partial charge in [-0.2, -0.15) is 13.2 Å². The van der Waals surface area contributed by atoms with Crippen molar-refractivity contribution in [1.29, 1.82) is 0 Å². The molecule has 4 N–H and O–H groups in total. The summed E-state index contributed by atoms with van der Waals surface area (Å²) in [6.45, 7) is -0.230. The van der Waals surface area contributed by atoms with Crippen molar-refractivity contribution in [3.8, 4) is 0 Å². The molecule has 1 aliphatic rings. The number of hydrogen-bond donors (Lipinski definition) is 3. The van der Waals surface area contributed by atoms with Crippen molar-refractivity contribution >= 4 is 5.91 Å². The molecule has 1 amide bonds. The zero-order valence-corrected chi connectivity index (χ0v) is 6.74. The third kappa shape index (κ3) is 1.49. The summed E-state index contributed by atoms with van der Waals surface area (Å²) < 4.78 is 37.5. The van der Waals surface area contributed by atoms with E-state index >= 15 is 0 Å². The Morgan fingerprint density at radius 1 is 1.54 bits per heavy atom. The van der Waals surface area contributed by atoms with Gasteiger partial charge in [0.2, 0.25) is 0 Å². The van der Waals surface area contributed by atoms with Gasteiger partial charge >= 0.3 is 6.18 Å². The van der Waals surface area contributed by atoms with Crippen LogP contribution in [0.2, 0.25) is 0 Å². The minimum atomic E-state index is -4.56. The Morgan fingerprint density at radius 2 is 2.15 bits per heavy atom. The first kappa shape index (κ1) is 10.3. The largest absolute Gasteiger partial charge is 0.404 e. The van der Waals surface area contributed by atoms with E-state index in [-0.39, 0.29) is 13.0 Å². The third-order valence-corrected chi connectivity index (χ3v) is 2.26. The molecule has 1 fully saturated rings. The van der Waals surface area contributed by atoms with Crippen LogP contribution in [0.3, 0.4) is 0 Å². The lowest BCUT2D eigenvalue weighted by Gasteiger charge is -2.28. The number of alkyl halides is 3. The predicted molar refractivity (Wildman–Crippen MR) is 38.3 cm³/mol. The maximum atomic E-state index is 12.5. The molecular weight excluding hydrogens is 187 g/mol. The summed E-state index contributed by atoms with van der Waals surface area (Å²) in [5, 5.41) is 2.50. The summed E-state index contributed by atoms with van der Waals surface area (Å²) in [6, 6.07) is 0. The van der Waals surface area contributed by atoms with Gasteiger partial charge < -0.3 is 5.32 Å². The number of hydrogen-bond acceptors (Lipinski definition) is 3. The lowest BCUT2D eigenvalue weighted by Crippen LogP contribution is -2.53. The second-order valence-electron chi connectivity index (χ2n) is 2.98. The van der Waals surface area contributed by atoms with Crippen LogP contribution in [0.5, 0.6) is 0 Å². The van der Waals surface area contributed by atoms with E-state index in [9.17, 15) is 18.0 Å². The summed E-state index contributed by atoms with van der Waals surface area (Å²) >= 11 is 0. The molecule has 1 heterocycles. The van der Waals surface area contributed by atoms with Gasteiger partial charge in [0.25, 0.3) is 5.91 Å². The normalized spacial score (nSPS) is 28.9. The topological polar surface area (TPSA) is 67.1 Å². The Labute approximate surface area is 72.6 Å². The number of rotatable bonds is 1. The van der Waals surface area contributed by atoms with Gasteiger partial charge in [0, 0.05) is 6.54 Å². The molecule has 1 atom stereocenters. The quantitative estimate of drug-likeness (QED) is 0.302. The number of hydrazine groups is 1. The fraction of sp³-hybridized carbons (Fsp3) is 0.833. The number of nitrogens with two attached hydrogens (primary N) is 1. The van der Waals surface area contributed by atoms with Crippen LogP contribution in [0.4, 0.5) is 13.2 Å². The third-order valence-electron chi connectivity index (χ3n) is 2.26. The van der Waals surface area contributed by atoms with Crippen molar-refractivity contribution in [2.45, 2.75) is 12.6 Å². The van der Waals surface area contributed by atoms with E-state index in [2.05, 4.69) is 5.32 Å². The molecule has 0 aromatic rings.